The summed E-state index contributed by atoms with van der Waals surface area (Å²) in [6.45, 7) is 4.66. The van der Waals surface area contributed by atoms with Crippen molar-refractivity contribution in [3.63, 3.8) is 0 Å². The van der Waals surface area contributed by atoms with Gasteiger partial charge in [0.15, 0.2) is 5.82 Å². The standard InChI is InChI=1S/C15H18N6O2S/c1-2-11-17-14(20-19-11)10-7-21(4-5-23-10)8-12-16-9-3-6-24-13(9)15(22)18-12/h3,6,10H,2,4-5,7-8H2,1H3,(H,16,18,22)(H,17,19,20)/t10-/m1/s1. The first-order valence-electron chi connectivity index (χ1n) is 7.94. The molecular formula is C15H18N6O2S. The number of aryl methyl sites for hydroxylation is 1. The van der Waals surface area contributed by atoms with Gasteiger partial charge in [-0.2, -0.15) is 5.10 Å². The Bertz CT molecular complexity index is 901. The minimum Gasteiger partial charge on any atom is -0.367 e. The van der Waals surface area contributed by atoms with Gasteiger partial charge in [-0.3, -0.25) is 14.8 Å². The minimum absolute atomic E-state index is 0.0728. The molecule has 0 unspecified atom stereocenters. The summed E-state index contributed by atoms with van der Waals surface area (Å²) in [5, 5.41) is 9.05. The maximum Gasteiger partial charge on any atom is 0.268 e. The summed E-state index contributed by atoms with van der Waals surface area (Å²) in [7, 11) is 0. The van der Waals surface area contributed by atoms with E-state index in [1.807, 2.05) is 18.4 Å². The van der Waals surface area contributed by atoms with Gasteiger partial charge in [-0.15, -0.1) is 11.3 Å². The monoisotopic (exact) mass is 346 g/mol. The predicted octanol–water partition coefficient (Wildman–Crippen LogP) is 1.24. The van der Waals surface area contributed by atoms with Gasteiger partial charge < -0.3 is 9.72 Å². The zero-order chi connectivity index (χ0) is 16.5. The van der Waals surface area contributed by atoms with E-state index >= 15 is 0 Å². The molecule has 3 aromatic rings. The summed E-state index contributed by atoms with van der Waals surface area (Å²) in [5.41, 5.74) is 0.682. The van der Waals surface area contributed by atoms with E-state index in [-0.39, 0.29) is 11.7 Å². The molecule has 0 aliphatic carbocycles. The van der Waals surface area contributed by atoms with Crippen molar-refractivity contribution in [1.82, 2.24) is 30.0 Å². The van der Waals surface area contributed by atoms with Crippen LogP contribution in [0.15, 0.2) is 16.2 Å². The number of nitrogens with one attached hydrogen (secondary N) is 2. The van der Waals surface area contributed by atoms with Gasteiger partial charge in [0.05, 0.1) is 18.7 Å². The van der Waals surface area contributed by atoms with Gasteiger partial charge in [0.25, 0.3) is 5.56 Å². The maximum atomic E-state index is 12.1. The Morgan fingerprint density at radius 3 is 3.17 bits per heavy atom. The summed E-state index contributed by atoms with van der Waals surface area (Å²) < 4.78 is 6.47. The largest absolute Gasteiger partial charge is 0.367 e. The summed E-state index contributed by atoms with van der Waals surface area (Å²) in [4.78, 5) is 26.1. The van der Waals surface area contributed by atoms with Gasteiger partial charge in [-0.25, -0.2) is 9.97 Å². The highest BCUT2D eigenvalue weighted by molar-refractivity contribution is 7.17. The lowest BCUT2D eigenvalue weighted by Crippen LogP contribution is -2.38. The number of thiophene rings is 1. The van der Waals surface area contributed by atoms with Gasteiger partial charge in [0.2, 0.25) is 0 Å². The molecule has 0 aromatic carbocycles. The molecule has 0 spiro atoms. The highest BCUT2D eigenvalue weighted by Crippen LogP contribution is 2.20. The zero-order valence-electron chi connectivity index (χ0n) is 13.3. The van der Waals surface area contributed by atoms with Crippen LogP contribution in [0.5, 0.6) is 0 Å². The average Bonchev–Trinajstić information content (AvgIpc) is 3.24. The molecular weight excluding hydrogens is 328 g/mol. The van der Waals surface area contributed by atoms with Crippen molar-refractivity contribution >= 4 is 21.6 Å². The van der Waals surface area contributed by atoms with Gasteiger partial charge in [0, 0.05) is 19.5 Å². The quantitative estimate of drug-likeness (QED) is 0.737. The van der Waals surface area contributed by atoms with Crippen molar-refractivity contribution in [2.24, 2.45) is 0 Å². The van der Waals surface area contributed by atoms with Gasteiger partial charge >= 0.3 is 0 Å². The highest BCUT2D eigenvalue weighted by Gasteiger charge is 2.25. The van der Waals surface area contributed by atoms with Crippen LogP contribution in [-0.2, 0) is 17.7 Å². The smallest absolute Gasteiger partial charge is 0.268 e. The molecule has 4 heterocycles. The van der Waals surface area contributed by atoms with E-state index in [9.17, 15) is 4.79 Å². The Labute approximate surface area is 141 Å². The van der Waals surface area contributed by atoms with Crippen molar-refractivity contribution in [3.05, 3.63) is 39.3 Å². The first kappa shape index (κ1) is 15.4. The van der Waals surface area contributed by atoms with E-state index in [2.05, 4.69) is 30.0 Å². The van der Waals surface area contributed by atoms with Crippen LogP contribution in [0, 0.1) is 0 Å². The zero-order valence-corrected chi connectivity index (χ0v) is 14.1. The van der Waals surface area contributed by atoms with E-state index in [0.717, 1.165) is 24.3 Å². The van der Waals surface area contributed by atoms with Crippen LogP contribution in [0.2, 0.25) is 0 Å². The molecule has 1 saturated heterocycles. The summed E-state index contributed by atoms with van der Waals surface area (Å²) >= 11 is 1.41. The Hall–Kier alpha value is -2.10. The summed E-state index contributed by atoms with van der Waals surface area (Å²) in [5.74, 6) is 2.22. The third kappa shape index (κ3) is 2.97. The lowest BCUT2D eigenvalue weighted by atomic mass is 10.2. The van der Waals surface area contributed by atoms with Crippen LogP contribution in [-0.4, -0.2) is 49.7 Å². The molecule has 1 fully saturated rings. The third-order valence-corrected chi connectivity index (χ3v) is 4.96. The van der Waals surface area contributed by atoms with Crippen molar-refractivity contribution in [2.45, 2.75) is 26.0 Å². The number of aromatic nitrogens is 5. The van der Waals surface area contributed by atoms with Crippen molar-refractivity contribution < 1.29 is 4.74 Å². The number of hydrogen-bond donors (Lipinski definition) is 2. The summed E-state index contributed by atoms with van der Waals surface area (Å²) in [6.07, 6.45) is 0.654. The van der Waals surface area contributed by atoms with Crippen LogP contribution in [0.4, 0.5) is 0 Å². The van der Waals surface area contributed by atoms with Crippen molar-refractivity contribution in [1.29, 1.82) is 0 Å². The second kappa shape index (κ2) is 6.42. The number of nitrogens with zero attached hydrogens (tertiary/aromatic N) is 4. The minimum atomic E-state index is -0.160. The second-order valence-corrected chi connectivity index (χ2v) is 6.65. The predicted molar refractivity (Wildman–Crippen MR) is 90.0 cm³/mol. The Balaban J connectivity index is 1.50. The Morgan fingerprint density at radius 1 is 1.42 bits per heavy atom. The number of ether oxygens (including phenoxy) is 1. The molecule has 1 aliphatic rings. The molecule has 1 aliphatic heterocycles. The first-order valence-corrected chi connectivity index (χ1v) is 8.82. The molecule has 24 heavy (non-hydrogen) atoms. The van der Waals surface area contributed by atoms with E-state index < -0.39 is 0 Å². The number of fused-ring (bicyclic) bond motifs is 1. The molecule has 8 nitrogen and oxygen atoms in total. The molecule has 0 bridgehead atoms. The van der Waals surface area contributed by atoms with Crippen LogP contribution in [0.25, 0.3) is 10.2 Å². The lowest BCUT2D eigenvalue weighted by Gasteiger charge is -2.31. The highest BCUT2D eigenvalue weighted by atomic mass is 32.1. The molecule has 2 N–H and O–H groups in total. The lowest BCUT2D eigenvalue weighted by molar-refractivity contribution is -0.0378. The maximum absolute atomic E-state index is 12.1. The average molecular weight is 346 g/mol. The summed E-state index contributed by atoms with van der Waals surface area (Å²) in [6, 6.07) is 1.88. The first-order chi connectivity index (χ1) is 11.7. The third-order valence-electron chi connectivity index (χ3n) is 4.06. The molecule has 1 atom stereocenters. The number of hydrogen-bond acceptors (Lipinski definition) is 7. The number of rotatable bonds is 4. The van der Waals surface area contributed by atoms with Crippen LogP contribution in [0.1, 0.15) is 30.5 Å². The van der Waals surface area contributed by atoms with E-state index in [1.54, 1.807) is 0 Å². The second-order valence-electron chi connectivity index (χ2n) is 5.74. The van der Waals surface area contributed by atoms with Crippen LogP contribution in [0.3, 0.4) is 0 Å². The molecule has 3 aromatic heterocycles. The fraction of sp³-hybridized carbons (Fsp3) is 0.467. The number of morpholine rings is 1. The van der Waals surface area contributed by atoms with Gasteiger partial charge in [-0.05, 0) is 11.4 Å². The molecule has 0 amide bonds. The van der Waals surface area contributed by atoms with Crippen molar-refractivity contribution in [3.8, 4) is 0 Å². The van der Waals surface area contributed by atoms with Gasteiger partial charge in [0.1, 0.15) is 22.5 Å². The van der Waals surface area contributed by atoms with Crippen LogP contribution < -0.4 is 5.56 Å². The van der Waals surface area contributed by atoms with Crippen molar-refractivity contribution in [2.75, 3.05) is 19.7 Å². The Morgan fingerprint density at radius 2 is 2.33 bits per heavy atom. The normalized spacial score (nSPS) is 19.1. The van der Waals surface area contributed by atoms with Gasteiger partial charge in [-0.1, -0.05) is 6.92 Å². The molecule has 126 valence electrons. The Kier molecular flexibility index (Phi) is 4.13. The molecule has 0 saturated carbocycles. The fourth-order valence-electron chi connectivity index (χ4n) is 2.82. The number of H-pyrrole nitrogens is 2. The van der Waals surface area contributed by atoms with E-state index in [4.69, 9.17) is 4.74 Å². The molecule has 0 radical (unpaired) electrons. The van der Waals surface area contributed by atoms with Crippen LogP contribution >= 0.6 is 11.3 Å². The topological polar surface area (TPSA) is 99.8 Å². The molecule has 4 rings (SSSR count). The SMILES string of the molecule is CCc1nc([C@H]2CN(Cc3nc4ccsc4c(=O)[nH]3)CCO2)n[nH]1. The number of aromatic amines is 2. The van der Waals surface area contributed by atoms with E-state index in [0.29, 0.717) is 36.0 Å². The van der Waals surface area contributed by atoms with E-state index in [1.165, 1.54) is 11.3 Å². The molecule has 9 heteroatoms. The fourth-order valence-corrected chi connectivity index (χ4v) is 3.55.